The maximum Gasteiger partial charge on any atom is 0.233 e. The van der Waals surface area contributed by atoms with Gasteiger partial charge in [-0.05, 0) is 13.8 Å². The zero-order chi connectivity index (χ0) is 7.28. The third-order valence-electron chi connectivity index (χ3n) is 0.796. The Bertz CT molecular complexity index is 91.1. The average Bonchev–Trinajstić information content (AvgIpc) is 1.90. The molecule has 3 heteroatoms. The molecule has 0 spiro atoms. The lowest BCUT2D eigenvalue weighted by molar-refractivity contribution is -0.124. The first kappa shape index (κ1) is 8.95. The number of carbonyl (C=O) groups is 1. The van der Waals surface area contributed by atoms with Gasteiger partial charge in [0.05, 0.1) is 18.4 Å². The molecule has 1 amide bonds. The van der Waals surface area contributed by atoms with Crippen molar-refractivity contribution >= 4 is 21.8 Å². The van der Waals surface area contributed by atoms with Crippen LogP contribution in [0.1, 0.15) is 0 Å². The summed E-state index contributed by atoms with van der Waals surface area (Å²) in [4.78, 5) is 12.0. The SMILES string of the molecule is [CH2][CH]N([CH][CH2])C(=O)CBr. The van der Waals surface area contributed by atoms with Gasteiger partial charge in [0.1, 0.15) is 0 Å². The number of amides is 1. The second kappa shape index (κ2) is 4.79. The van der Waals surface area contributed by atoms with Gasteiger partial charge in [-0.1, -0.05) is 15.9 Å². The molecule has 0 fully saturated rings. The van der Waals surface area contributed by atoms with Gasteiger partial charge in [0, 0.05) is 0 Å². The maximum atomic E-state index is 10.7. The Balaban J connectivity index is 3.64. The van der Waals surface area contributed by atoms with Gasteiger partial charge >= 0.3 is 0 Å². The van der Waals surface area contributed by atoms with E-state index in [0.29, 0.717) is 5.33 Å². The van der Waals surface area contributed by atoms with Crippen LogP contribution in [-0.4, -0.2) is 16.1 Å². The van der Waals surface area contributed by atoms with Gasteiger partial charge < -0.3 is 4.90 Å². The first-order valence-electron chi connectivity index (χ1n) is 2.38. The van der Waals surface area contributed by atoms with E-state index in [-0.39, 0.29) is 5.91 Å². The zero-order valence-electron chi connectivity index (χ0n) is 5.01. The fourth-order valence-electron chi connectivity index (χ4n) is 0.347. The van der Waals surface area contributed by atoms with Crippen LogP contribution in [0.2, 0.25) is 0 Å². The Hall–Kier alpha value is -0.0500. The molecular formula is C6H8BrNO. The Kier molecular flexibility index (Phi) is 4.77. The fourth-order valence-corrected chi connectivity index (χ4v) is 0.637. The van der Waals surface area contributed by atoms with Crippen LogP contribution in [0.5, 0.6) is 0 Å². The summed E-state index contributed by atoms with van der Waals surface area (Å²) in [6, 6.07) is 0. The summed E-state index contributed by atoms with van der Waals surface area (Å²) >= 11 is 3.01. The summed E-state index contributed by atoms with van der Waals surface area (Å²) in [6.07, 6.45) is 0. The molecule has 0 aromatic rings. The van der Waals surface area contributed by atoms with Crippen molar-refractivity contribution in [2.75, 3.05) is 5.33 Å². The minimum atomic E-state index is -0.0694. The topological polar surface area (TPSA) is 20.3 Å². The van der Waals surface area contributed by atoms with E-state index in [1.54, 1.807) is 0 Å². The maximum absolute atomic E-state index is 10.7. The smallest absolute Gasteiger partial charge is 0.233 e. The molecule has 0 atom stereocenters. The minimum Gasteiger partial charge on any atom is -0.332 e. The third-order valence-corrected chi connectivity index (χ3v) is 1.28. The summed E-state index contributed by atoms with van der Waals surface area (Å²) in [5, 5.41) is 0.297. The molecule has 0 aromatic heterocycles. The summed E-state index contributed by atoms with van der Waals surface area (Å²) in [7, 11) is 0. The number of nitrogens with zero attached hydrogens (tertiary/aromatic N) is 1. The second-order valence-electron chi connectivity index (χ2n) is 1.30. The van der Waals surface area contributed by atoms with Crippen LogP contribution in [-0.2, 0) is 4.79 Å². The van der Waals surface area contributed by atoms with Crippen LogP contribution in [0, 0.1) is 26.9 Å². The standard InChI is InChI=1S/C6H8BrNO/c1-3-8(4-2)6(9)5-7/h3-4H,1-2,5H2. The molecule has 0 heterocycles. The first-order valence-corrected chi connectivity index (χ1v) is 3.50. The van der Waals surface area contributed by atoms with Crippen molar-refractivity contribution < 1.29 is 4.79 Å². The molecule has 9 heavy (non-hydrogen) atoms. The molecule has 0 aliphatic heterocycles. The van der Waals surface area contributed by atoms with E-state index in [9.17, 15) is 4.79 Å². The predicted octanol–water partition coefficient (Wildman–Crippen LogP) is 1.20. The van der Waals surface area contributed by atoms with Gasteiger partial charge in [-0.15, -0.1) is 0 Å². The summed E-state index contributed by atoms with van der Waals surface area (Å²) in [5.74, 6) is -0.0694. The molecule has 2 nitrogen and oxygen atoms in total. The number of alkyl halides is 1. The molecule has 0 N–H and O–H groups in total. The number of hydrogen-bond acceptors (Lipinski definition) is 1. The fraction of sp³-hybridized carbons (Fsp3) is 0.167. The van der Waals surface area contributed by atoms with Crippen LogP contribution < -0.4 is 0 Å². The quantitative estimate of drug-likeness (QED) is 0.612. The van der Waals surface area contributed by atoms with Crippen molar-refractivity contribution in [2.24, 2.45) is 0 Å². The van der Waals surface area contributed by atoms with E-state index in [1.807, 2.05) is 0 Å². The number of halogens is 1. The van der Waals surface area contributed by atoms with Gasteiger partial charge in [0.25, 0.3) is 0 Å². The molecule has 50 valence electrons. The highest BCUT2D eigenvalue weighted by molar-refractivity contribution is 9.09. The van der Waals surface area contributed by atoms with E-state index in [1.165, 1.54) is 18.0 Å². The van der Waals surface area contributed by atoms with E-state index < -0.39 is 0 Å². The van der Waals surface area contributed by atoms with Crippen LogP contribution in [0.25, 0.3) is 0 Å². The summed E-state index contributed by atoms with van der Waals surface area (Å²) in [6.45, 7) is 9.65. The molecule has 0 saturated heterocycles. The van der Waals surface area contributed by atoms with Crippen molar-refractivity contribution in [1.29, 1.82) is 0 Å². The molecule has 0 saturated carbocycles. The molecule has 0 aliphatic rings. The Morgan fingerprint density at radius 3 is 2.11 bits per heavy atom. The number of rotatable bonds is 3. The molecule has 0 unspecified atom stereocenters. The van der Waals surface area contributed by atoms with E-state index in [4.69, 9.17) is 0 Å². The van der Waals surface area contributed by atoms with Crippen molar-refractivity contribution in [2.45, 2.75) is 0 Å². The van der Waals surface area contributed by atoms with E-state index in [2.05, 4.69) is 29.8 Å². The normalized spacial score (nSPS) is 9.22. The van der Waals surface area contributed by atoms with Gasteiger partial charge in [0.15, 0.2) is 0 Å². The van der Waals surface area contributed by atoms with Crippen LogP contribution in [0.15, 0.2) is 0 Å². The summed E-state index contributed by atoms with van der Waals surface area (Å²) in [5.41, 5.74) is 0. The highest BCUT2D eigenvalue weighted by Crippen LogP contribution is 1.97. The van der Waals surface area contributed by atoms with Crippen molar-refractivity contribution in [3.05, 3.63) is 26.9 Å². The van der Waals surface area contributed by atoms with Crippen molar-refractivity contribution in [3.8, 4) is 0 Å². The molecule has 0 rings (SSSR count). The Morgan fingerprint density at radius 1 is 1.56 bits per heavy atom. The van der Waals surface area contributed by atoms with Gasteiger partial charge in [-0.3, -0.25) is 4.79 Å². The molecule has 0 aliphatic carbocycles. The van der Waals surface area contributed by atoms with Crippen LogP contribution in [0.3, 0.4) is 0 Å². The monoisotopic (exact) mass is 189 g/mol. The van der Waals surface area contributed by atoms with Gasteiger partial charge in [-0.25, -0.2) is 0 Å². The molecule has 0 bridgehead atoms. The van der Waals surface area contributed by atoms with Gasteiger partial charge in [-0.2, -0.15) is 0 Å². The third kappa shape index (κ3) is 2.84. The van der Waals surface area contributed by atoms with E-state index in [0.717, 1.165) is 0 Å². The summed E-state index contributed by atoms with van der Waals surface area (Å²) < 4.78 is 0. The second-order valence-corrected chi connectivity index (χ2v) is 1.86. The first-order chi connectivity index (χ1) is 4.26. The molecular weight excluding hydrogens is 182 g/mol. The number of hydrogen-bond donors (Lipinski definition) is 0. The van der Waals surface area contributed by atoms with Gasteiger partial charge in [0.2, 0.25) is 5.91 Å². The molecule has 0 aromatic carbocycles. The minimum absolute atomic E-state index is 0.0694. The highest BCUT2D eigenvalue weighted by Gasteiger charge is 2.06. The molecule has 4 radical (unpaired) electrons. The van der Waals surface area contributed by atoms with Crippen LogP contribution >= 0.6 is 15.9 Å². The lowest BCUT2D eigenvalue weighted by atomic mass is 10.5. The lowest BCUT2D eigenvalue weighted by Gasteiger charge is -2.14. The highest BCUT2D eigenvalue weighted by atomic mass is 79.9. The lowest BCUT2D eigenvalue weighted by Crippen LogP contribution is -2.24. The largest absolute Gasteiger partial charge is 0.332 e. The average molecular weight is 190 g/mol. The van der Waals surface area contributed by atoms with Crippen LogP contribution in [0.4, 0.5) is 0 Å². The van der Waals surface area contributed by atoms with E-state index >= 15 is 0 Å². The Morgan fingerprint density at radius 2 is 2.00 bits per heavy atom. The zero-order valence-corrected chi connectivity index (χ0v) is 6.60. The Labute approximate surface area is 64.4 Å². The number of carbonyl (C=O) groups excluding carboxylic acids is 1. The van der Waals surface area contributed by atoms with Crippen molar-refractivity contribution in [3.63, 3.8) is 0 Å². The predicted molar refractivity (Wildman–Crippen MR) is 40.0 cm³/mol. The van der Waals surface area contributed by atoms with Crippen molar-refractivity contribution in [1.82, 2.24) is 4.90 Å².